The van der Waals surface area contributed by atoms with Gasteiger partial charge < -0.3 is 15.7 Å². The molecule has 5 heteroatoms. The van der Waals surface area contributed by atoms with Gasteiger partial charge in [-0.25, -0.2) is 4.79 Å². The zero-order valence-electron chi connectivity index (χ0n) is 12.2. The minimum atomic E-state index is -0.727. The van der Waals surface area contributed by atoms with Crippen LogP contribution >= 0.6 is 11.8 Å². The highest BCUT2D eigenvalue weighted by atomic mass is 32.2. The Hall–Kier alpha value is -1.20. The molecule has 2 aliphatic rings. The van der Waals surface area contributed by atoms with Gasteiger partial charge in [0.05, 0.1) is 5.60 Å². The Labute approximate surface area is 129 Å². The van der Waals surface area contributed by atoms with Gasteiger partial charge in [0.2, 0.25) is 0 Å². The maximum atomic E-state index is 11.8. The van der Waals surface area contributed by atoms with Crippen molar-refractivity contribution in [2.24, 2.45) is 0 Å². The van der Waals surface area contributed by atoms with Crippen LogP contribution < -0.4 is 10.6 Å². The molecule has 1 saturated heterocycles. The van der Waals surface area contributed by atoms with E-state index in [1.54, 1.807) is 11.8 Å². The lowest BCUT2D eigenvalue weighted by molar-refractivity contribution is 0.0700. The first-order valence-corrected chi connectivity index (χ1v) is 8.73. The zero-order valence-corrected chi connectivity index (χ0v) is 13.0. The minimum Gasteiger partial charge on any atom is -0.387 e. The van der Waals surface area contributed by atoms with E-state index < -0.39 is 5.60 Å². The fraction of sp³-hybridized carbons (Fsp3) is 0.562. The number of nitrogens with one attached hydrogen (secondary N) is 2. The van der Waals surface area contributed by atoms with Crippen molar-refractivity contribution in [3.63, 3.8) is 0 Å². The first-order chi connectivity index (χ1) is 10.1. The highest BCUT2D eigenvalue weighted by Gasteiger charge is 2.31. The summed E-state index contributed by atoms with van der Waals surface area (Å²) in [6.45, 7) is 0.863. The van der Waals surface area contributed by atoms with Crippen molar-refractivity contribution >= 4 is 17.8 Å². The number of urea groups is 1. The lowest BCUT2D eigenvalue weighted by atomic mass is 10.0. The van der Waals surface area contributed by atoms with Gasteiger partial charge in [-0.15, -0.1) is 0 Å². The van der Waals surface area contributed by atoms with Crippen molar-refractivity contribution < 1.29 is 9.90 Å². The summed E-state index contributed by atoms with van der Waals surface area (Å²) in [5.74, 6) is 1.67. The monoisotopic (exact) mass is 306 g/mol. The second-order valence-corrected chi connectivity index (χ2v) is 7.12. The van der Waals surface area contributed by atoms with Crippen molar-refractivity contribution in [3.8, 4) is 0 Å². The molecule has 3 rings (SSSR count). The van der Waals surface area contributed by atoms with Crippen molar-refractivity contribution in [1.29, 1.82) is 0 Å². The number of carbonyl (C=O) groups excluding carboxylic acids is 1. The standard InChI is InChI=1S/C16H22N2O2S/c19-15(18-10-16(20)6-7-21-11-16)17-9-12-4-5-13-2-1-3-14(13)8-12/h4-5,8,20H,1-3,6-7,9-11H2,(H2,17,18,19)/t16-/m1/s1. The van der Waals surface area contributed by atoms with Crippen molar-refractivity contribution in [2.75, 3.05) is 18.1 Å². The van der Waals surface area contributed by atoms with Gasteiger partial charge in [0.1, 0.15) is 0 Å². The molecule has 0 saturated carbocycles. The molecular formula is C16H22N2O2S. The number of benzene rings is 1. The summed E-state index contributed by atoms with van der Waals surface area (Å²) in [6, 6.07) is 6.26. The third-order valence-electron chi connectivity index (χ3n) is 4.28. The van der Waals surface area contributed by atoms with E-state index in [9.17, 15) is 9.90 Å². The summed E-state index contributed by atoms with van der Waals surface area (Å²) in [5, 5.41) is 15.8. The molecule has 21 heavy (non-hydrogen) atoms. The van der Waals surface area contributed by atoms with E-state index in [0.717, 1.165) is 24.2 Å². The average Bonchev–Trinajstić information content (AvgIpc) is 3.11. The number of amides is 2. The van der Waals surface area contributed by atoms with Gasteiger partial charge in [0.25, 0.3) is 0 Å². The van der Waals surface area contributed by atoms with Gasteiger partial charge in [-0.05, 0) is 48.1 Å². The molecule has 3 N–H and O–H groups in total. The topological polar surface area (TPSA) is 61.4 Å². The summed E-state index contributed by atoms with van der Waals surface area (Å²) in [4.78, 5) is 11.8. The van der Waals surface area contributed by atoms with Crippen LogP contribution in [0.3, 0.4) is 0 Å². The van der Waals surface area contributed by atoms with Crippen LogP contribution in [0.1, 0.15) is 29.5 Å². The van der Waals surface area contributed by atoms with Gasteiger partial charge in [0.15, 0.2) is 0 Å². The Morgan fingerprint density at radius 1 is 1.29 bits per heavy atom. The highest BCUT2D eigenvalue weighted by Crippen LogP contribution is 2.27. The second-order valence-electron chi connectivity index (χ2n) is 6.02. The van der Waals surface area contributed by atoms with Gasteiger partial charge in [-0.2, -0.15) is 11.8 Å². The summed E-state index contributed by atoms with van der Waals surface area (Å²) >= 11 is 1.73. The first-order valence-electron chi connectivity index (χ1n) is 7.57. The lowest BCUT2D eigenvalue weighted by Gasteiger charge is -2.21. The number of rotatable bonds is 4. The van der Waals surface area contributed by atoms with E-state index in [1.165, 1.54) is 24.0 Å². The highest BCUT2D eigenvalue weighted by molar-refractivity contribution is 7.99. The molecule has 1 aromatic carbocycles. The Kier molecular flexibility index (Phi) is 4.40. The molecule has 1 aliphatic heterocycles. The number of thioether (sulfide) groups is 1. The van der Waals surface area contributed by atoms with E-state index in [2.05, 4.69) is 28.8 Å². The van der Waals surface area contributed by atoms with E-state index in [-0.39, 0.29) is 6.03 Å². The Bertz CT molecular complexity index is 527. The number of carbonyl (C=O) groups is 1. The molecule has 0 unspecified atom stereocenters. The first kappa shape index (κ1) is 14.7. The number of aliphatic hydroxyl groups is 1. The molecular weight excluding hydrogens is 284 g/mol. The molecule has 2 amide bonds. The summed E-state index contributed by atoms with van der Waals surface area (Å²) < 4.78 is 0. The number of fused-ring (bicyclic) bond motifs is 1. The van der Waals surface area contributed by atoms with Crippen molar-refractivity contribution in [3.05, 3.63) is 34.9 Å². The third-order valence-corrected chi connectivity index (χ3v) is 5.51. The zero-order chi connectivity index (χ0) is 14.7. The molecule has 0 bridgehead atoms. The Morgan fingerprint density at radius 2 is 2.14 bits per heavy atom. The molecule has 0 spiro atoms. The summed E-state index contributed by atoms with van der Waals surface area (Å²) in [7, 11) is 0. The van der Waals surface area contributed by atoms with Crippen LogP contribution in [0.2, 0.25) is 0 Å². The molecule has 0 radical (unpaired) electrons. The maximum Gasteiger partial charge on any atom is 0.315 e. The number of hydrogen-bond donors (Lipinski definition) is 3. The summed E-state index contributed by atoms with van der Waals surface area (Å²) in [6.07, 6.45) is 4.33. The molecule has 4 nitrogen and oxygen atoms in total. The molecule has 1 heterocycles. The van der Waals surface area contributed by atoms with E-state index in [1.807, 2.05) is 0 Å². The van der Waals surface area contributed by atoms with Crippen LogP contribution in [-0.2, 0) is 19.4 Å². The lowest BCUT2D eigenvalue weighted by Crippen LogP contribution is -2.46. The molecule has 114 valence electrons. The minimum absolute atomic E-state index is 0.208. The van der Waals surface area contributed by atoms with Gasteiger partial charge >= 0.3 is 6.03 Å². The van der Waals surface area contributed by atoms with E-state index in [0.29, 0.717) is 18.8 Å². The van der Waals surface area contributed by atoms with Crippen molar-refractivity contribution in [2.45, 2.75) is 37.8 Å². The molecule has 1 aromatic rings. The Balaban J connectivity index is 1.45. The predicted octanol–water partition coefficient (Wildman–Crippen LogP) is 1.84. The summed E-state index contributed by atoms with van der Waals surface area (Å²) in [5.41, 5.74) is 3.28. The van der Waals surface area contributed by atoms with Crippen LogP contribution in [0.25, 0.3) is 0 Å². The second kappa shape index (κ2) is 6.28. The molecule has 0 aromatic heterocycles. The fourth-order valence-corrected chi connectivity index (χ4v) is 4.26. The predicted molar refractivity (Wildman–Crippen MR) is 85.6 cm³/mol. The van der Waals surface area contributed by atoms with Gasteiger partial charge in [0, 0.05) is 18.8 Å². The SMILES string of the molecule is O=C(NCc1ccc2c(c1)CCC2)NC[C@]1(O)CCSC1. The largest absolute Gasteiger partial charge is 0.387 e. The molecule has 1 aliphatic carbocycles. The number of aryl methyl sites for hydroxylation is 2. The van der Waals surface area contributed by atoms with Gasteiger partial charge in [-0.1, -0.05) is 18.2 Å². The van der Waals surface area contributed by atoms with E-state index in [4.69, 9.17) is 0 Å². The number of hydrogen-bond acceptors (Lipinski definition) is 3. The molecule has 1 atom stereocenters. The van der Waals surface area contributed by atoms with Crippen LogP contribution in [0.15, 0.2) is 18.2 Å². The van der Waals surface area contributed by atoms with Crippen LogP contribution in [0.4, 0.5) is 4.79 Å². The van der Waals surface area contributed by atoms with Crippen LogP contribution in [0, 0.1) is 0 Å². The third kappa shape index (κ3) is 3.71. The molecule has 1 fully saturated rings. The Morgan fingerprint density at radius 3 is 2.95 bits per heavy atom. The smallest absolute Gasteiger partial charge is 0.315 e. The van der Waals surface area contributed by atoms with Gasteiger partial charge in [-0.3, -0.25) is 0 Å². The average molecular weight is 306 g/mol. The fourth-order valence-electron chi connectivity index (χ4n) is 2.96. The van der Waals surface area contributed by atoms with Crippen molar-refractivity contribution in [1.82, 2.24) is 10.6 Å². The normalized spacial score (nSPS) is 23.9. The van der Waals surface area contributed by atoms with E-state index >= 15 is 0 Å². The maximum absolute atomic E-state index is 11.8. The van der Waals surface area contributed by atoms with Crippen LogP contribution in [-0.4, -0.2) is 34.8 Å². The quantitative estimate of drug-likeness (QED) is 0.795. The van der Waals surface area contributed by atoms with Crippen LogP contribution in [0.5, 0.6) is 0 Å².